The van der Waals surface area contributed by atoms with Crippen molar-refractivity contribution in [3.63, 3.8) is 0 Å². The van der Waals surface area contributed by atoms with Crippen LogP contribution in [0.2, 0.25) is 0 Å². The number of halogens is 5. The van der Waals surface area contributed by atoms with Crippen molar-refractivity contribution < 1.29 is 24.4 Å². The topological polar surface area (TPSA) is 43.1 Å². The van der Waals surface area contributed by atoms with E-state index in [1.807, 2.05) is 0 Å². The summed E-state index contributed by atoms with van der Waals surface area (Å²) in [6, 6.07) is 0.523. The summed E-state index contributed by atoms with van der Waals surface area (Å²) in [5.41, 5.74) is -1.10. The molecule has 0 fully saturated rings. The highest BCUT2D eigenvalue weighted by molar-refractivity contribution is 8.45. The summed E-state index contributed by atoms with van der Waals surface area (Å²) in [6.45, 7) is 0.963. The third-order valence-electron chi connectivity index (χ3n) is 1.81. The highest BCUT2D eigenvalue weighted by Gasteiger charge is 2.65. The Morgan fingerprint density at radius 1 is 1.19 bits per heavy atom. The summed E-state index contributed by atoms with van der Waals surface area (Å²) in [5, 5.41) is 10.3. The number of nitro groups is 1. The van der Waals surface area contributed by atoms with Crippen molar-refractivity contribution in [1.29, 1.82) is 0 Å². The van der Waals surface area contributed by atoms with Gasteiger partial charge in [0.1, 0.15) is 4.90 Å². The van der Waals surface area contributed by atoms with Gasteiger partial charge < -0.3 is 0 Å². The largest absolute Gasteiger partial charge is 0.310 e. The maximum Gasteiger partial charge on any atom is 0.310 e. The monoisotopic (exact) mass is 263 g/mol. The average Bonchev–Trinajstić information content (AvgIpc) is 1.98. The Hall–Kier alpha value is -1.38. The molecular weight excluding hydrogens is 257 g/mol. The van der Waals surface area contributed by atoms with Gasteiger partial charge >= 0.3 is 10.2 Å². The molecule has 92 valence electrons. The molecule has 3 nitrogen and oxygen atoms in total. The molecule has 0 heterocycles. The van der Waals surface area contributed by atoms with Crippen LogP contribution in [0.25, 0.3) is 0 Å². The van der Waals surface area contributed by atoms with Crippen LogP contribution in [0.3, 0.4) is 0 Å². The molecule has 0 saturated heterocycles. The number of benzene rings is 1. The molecular formula is C7H6F5NO2S. The molecule has 1 aromatic rings. The van der Waals surface area contributed by atoms with Crippen molar-refractivity contribution >= 4 is 15.9 Å². The Bertz CT molecular complexity index is 469. The van der Waals surface area contributed by atoms with Crippen LogP contribution in [0.4, 0.5) is 25.1 Å². The van der Waals surface area contributed by atoms with Gasteiger partial charge in [-0.1, -0.05) is 19.4 Å². The van der Waals surface area contributed by atoms with E-state index in [0.29, 0.717) is 6.07 Å². The first kappa shape index (κ1) is 12.7. The molecule has 0 aromatic heterocycles. The lowest BCUT2D eigenvalue weighted by atomic mass is 10.2. The fourth-order valence-corrected chi connectivity index (χ4v) is 1.80. The predicted octanol–water partition coefficient (Wildman–Crippen LogP) is 4.56. The van der Waals surface area contributed by atoms with Crippen molar-refractivity contribution in [2.24, 2.45) is 0 Å². The fraction of sp³-hybridized carbons (Fsp3) is 0.143. The second kappa shape index (κ2) is 2.65. The van der Waals surface area contributed by atoms with E-state index in [0.717, 1.165) is 6.92 Å². The minimum atomic E-state index is -9.75. The minimum absolute atomic E-state index is 0.0205. The lowest BCUT2D eigenvalue weighted by molar-refractivity contribution is -0.385. The predicted molar refractivity (Wildman–Crippen MR) is 49.2 cm³/mol. The van der Waals surface area contributed by atoms with Crippen molar-refractivity contribution in [3.8, 4) is 0 Å². The number of hydrogen-bond donors (Lipinski definition) is 0. The summed E-state index contributed by atoms with van der Waals surface area (Å²) in [6.07, 6.45) is 0. The molecule has 1 rings (SSSR count). The second-order valence-electron chi connectivity index (χ2n) is 3.17. The van der Waals surface area contributed by atoms with Gasteiger partial charge in [0.2, 0.25) is 0 Å². The van der Waals surface area contributed by atoms with E-state index in [4.69, 9.17) is 0 Å². The van der Waals surface area contributed by atoms with Crippen LogP contribution < -0.4 is 0 Å². The second-order valence-corrected chi connectivity index (χ2v) is 5.58. The Labute approximate surface area is 86.7 Å². The van der Waals surface area contributed by atoms with Crippen LogP contribution in [0.1, 0.15) is 5.56 Å². The molecule has 0 radical (unpaired) electrons. The Morgan fingerprint density at radius 2 is 1.69 bits per heavy atom. The summed E-state index contributed by atoms with van der Waals surface area (Å²) in [7, 11) is -9.75. The molecule has 0 spiro atoms. The highest BCUT2D eigenvalue weighted by Crippen LogP contribution is 3.02. The fourth-order valence-electron chi connectivity index (χ4n) is 1.07. The number of aryl methyl sites for hydroxylation is 1. The van der Waals surface area contributed by atoms with E-state index in [9.17, 15) is 29.5 Å². The Balaban J connectivity index is 3.45. The number of hydrogen-bond acceptors (Lipinski definition) is 2. The molecule has 0 aliphatic rings. The molecule has 9 heteroatoms. The van der Waals surface area contributed by atoms with Crippen LogP contribution in [-0.2, 0) is 0 Å². The molecule has 0 atom stereocenters. The quantitative estimate of drug-likeness (QED) is 0.446. The van der Waals surface area contributed by atoms with Crippen LogP contribution in [-0.4, -0.2) is 4.92 Å². The standard InChI is InChI=1S/C7H6F5NO2S/c1-5-4-6(16(8,9,10,11)12)2-3-7(5)13(14)15/h2-4H,1H3. The molecule has 0 aliphatic heterocycles. The van der Waals surface area contributed by atoms with Gasteiger partial charge in [0.15, 0.2) is 0 Å². The lowest BCUT2D eigenvalue weighted by Gasteiger charge is -2.40. The van der Waals surface area contributed by atoms with Gasteiger partial charge in [-0.15, -0.1) is 0 Å². The van der Waals surface area contributed by atoms with E-state index < -0.39 is 31.3 Å². The first-order valence-corrected chi connectivity index (χ1v) is 5.75. The molecule has 0 bridgehead atoms. The van der Waals surface area contributed by atoms with Crippen LogP contribution in [0.5, 0.6) is 0 Å². The molecule has 16 heavy (non-hydrogen) atoms. The number of nitrogens with zero attached hydrogens (tertiary/aromatic N) is 1. The molecule has 0 amide bonds. The van der Waals surface area contributed by atoms with E-state index in [1.54, 1.807) is 0 Å². The van der Waals surface area contributed by atoms with Gasteiger partial charge in [0.05, 0.1) is 4.92 Å². The lowest BCUT2D eigenvalue weighted by Crippen LogP contribution is -2.06. The van der Waals surface area contributed by atoms with Gasteiger partial charge in [-0.05, 0) is 19.1 Å². The third kappa shape index (κ3) is 2.60. The van der Waals surface area contributed by atoms with Crippen molar-refractivity contribution in [2.75, 3.05) is 0 Å². The Morgan fingerprint density at radius 3 is 2.00 bits per heavy atom. The maximum absolute atomic E-state index is 12.3. The third-order valence-corrected chi connectivity index (χ3v) is 2.96. The van der Waals surface area contributed by atoms with Gasteiger partial charge in [-0.3, -0.25) is 10.1 Å². The van der Waals surface area contributed by atoms with Gasteiger partial charge in [0.25, 0.3) is 5.69 Å². The zero-order valence-electron chi connectivity index (χ0n) is 7.79. The number of rotatable bonds is 2. The zero-order valence-corrected chi connectivity index (χ0v) is 8.61. The first-order chi connectivity index (χ1) is 6.81. The van der Waals surface area contributed by atoms with Gasteiger partial charge in [-0.2, -0.15) is 0 Å². The van der Waals surface area contributed by atoms with Gasteiger partial charge in [-0.25, -0.2) is 0 Å². The molecule has 0 aliphatic carbocycles. The number of nitro benzene ring substituents is 1. The van der Waals surface area contributed by atoms with Crippen molar-refractivity contribution in [1.82, 2.24) is 0 Å². The smallest absolute Gasteiger partial charge is 0.258 e. The summed E-state index contributed by atoms with van der Waals surface area (Å²) >= 11 is 0. The first-order valence-electron chi connectivity index (χ1n) is 3.80. The summed E-state index contributed by atoms with van der Waals surface area (Å²) < 4.78 is 61.5. The van der Waals surface area contributed by atoms with Crippen molar-refractivity contribution in [2.45, 2.75) is 11.8 Å². The highest BCUT2D eigenvalue weighted by atomic mass is 32.5. The average molecular weight is 263 g/mol. The van der Waals surface area contributed by atoms with E-state index in [-0.39, 0.29) is 12.1 Å². The van der Waals surface area contributed by atoms with E-state index in [2.05, 4.69) is 0 Å². The maximum atomic E-state index is 12.3. The summed E-state index contributed by atoms with van der Waals surface area (Å²) in [5.74, 6) is 0. The zero-order chi connectivity index (χ0) is 12.8. The van der Waals surface area contributed by atoms with E-state index >= 15 is 0 Å². The minimum Gasteiger partial charge on any atom is -0.258 e. The van der Waals surface area contributed by atoms with Crippen molar-refractivity contribution in [3.05, 3.63) is 33.9 Å². The Kier molecular flexibility index (Phi) is 2.10. The molecule has 0 N–H and O–H groups in total. The van der Waals surface area contributed by atoms with Gasteiger partial charge in [0, 0.05) is 11.6 Å². The van der Waals surface area contributed by atoms with E-state index in [1.165, 1.54) is 0 Å². The summed E-state index contributed by atoms with van der Waals surface area (Å²) in [4.78, 5) is 7.23. The normalized spacial score (nSPS) is 16.4. The molecule has 0 saturated carbocycles. The molecule has 1 aromatic carbocycles. The SMILES string of the molecule is Cc1cc(S(F)(F)(F)(F)F)ccc1[N+](=O)[O-]. The van der Waals surface area contributed by atoms with Crippen LogP contribution >= 0.6 is 10.2 Å². The van der Waals surface area contributed by atoms with Crippen LogP contribution in [0.15, 0.2) is 23.1 Å². The van der Waals surface area contributed by atoms with Crippen LogP contribution in [0, 0.1) is 17.0 Å². The molecule has 0 unspecified atom stereocenters.